The Morgan fingerprint density at radius 3 is 2.55 bits per heavy atom. The van der Waals surface area contributed by atoms with E-state index in [1.54, 1.807) is 11.9 Å². The first-order valence-electron chi connectivity index (χ1n) is 6.64. The Balaban J connectivity index is 1.83. The van der Waals surface area contributed by atoms with Gasteiger partial charge in [-0.1, -0.05) is 17.7 Å². The molecule has 0 bridgehead atoms. The maximum atomic E-state index is 12.2. The van der Waals surface area contributed by atoms with E-state index in [0.717, 1.165) is 5.75 Å². The molecule has 0 aliphatic carbocycles. The van der Waals surface area contributed by atoms with Gasteiger partial charge in [0.25, 0.3) is 5.91 Å². The van der Waals surface area contributed by atoms with E-state index in [2.05, 4.69) is 0 Å². The molecular weight excluding hydrogens is 252 g/mol. The summed E-state index contributed by atoms with van der Waals surface area (Å²) in [6.07, 6.45) is 1.86. The summed E-state index contributed by atoms with van der Waals surface area (Å²) >= 11 is 0. The van der Waals surface area contributed by atoms with E-state index in [1.807, 2.05) is 61.1 Å². The van der Waals surface area contributed by atoms with Gasteiger partial charge in [0, 0.05) is 20.3 Å². The molecule has 1 aromatic carbocycles. The van der Waals surface area contributed by atoms with Crippen LogP contribution in [0.3, 0.4) is 0 Å². The number of nitrogens with zero attached hydrogens (tertiary/aromatic N) is 2. The number of carbonyl (C=O) groups is 1. The maximum Gasteiger partial charge on any atom is 0.270 e. The van der Waals surface area contributed by atoms with Gasteiger partial charge in [-0.3, -0.25) is 4.79 Å². The lowest BCUT2D eigenvalue weighted by molar-refractivity contribution is 0.0764. The lowest BCUT2D eigenvalue weighted by Gasteiger charge is -2.17. The molecule has 2 rings (SSSR count). The molecule has 0 spiro atoms. The standard InChI is InChI=1S/C16H20N2O2/c1-13-6-8-14(9-7-13)20-12-11-18(3)16(19)15-5-4-10-17(15)2/h4-10H,11-12H2,1-3H3. The highest BCUT2D eigenvalue weighted by Gasteiger charge is 2.13. The summed E-state index contributed by atoms with van der Waals surface area (Å²) in [6.45, 7) is 3.07. The fourth-order valence-electron chi connectivity index (χ4n) is 1.92. The van der Waals surface area contributed by atoms with Crippen LogP contribution >= 0.6 is 0 Å². The largest absolute Gasteiger partial charge is 0.492 e. The number of likely N-dealkylation sites (N-methyl/N-ethyl adjacent to an activating group) is 1. The smallest absolute Gasteiger partial charge is 0.270 e. The number of ether oxygens (including phenoxy) is 1. The summed E-state index contributed by atoms with van der Waals surface area (Å²) in [6, 6.07) is 11.6. The third-order valence-corrected chi connectivity index (χ3v) is 3.23. The zero-order chi connectivity index (χ0) is 14.5. The fraction of sp³-hybridized carbons (Fsp3) is 0.312. The summed E-state index contributed by atoms with van der Waals surface area (Å²) in [5.74, 6) is 0.834. The van der Waals surface area contributed by atoms with Gasteiger partial charge in [0.05, 0.1) is 6.54 Å². The molecule has 0 fully saturated rings. The quantitative estimate of drug-likeness (QED) is 0.838. The van der Waals surface area contributed by atoms with Crippen LogP contribution in [-0.2, 0) is 7.05 Å². The Bertz CT molecular complexity index is 572. The summed E-state index contributed by atoms with van der Waals surface area (Å²) < 4.78 is 7.45. The van der Waals surface area contributed by atoms with Crippen molar-refractivity contribution in [1.82, 2.24) is 9.47 Å². The molecule has 0 aliphatic rings. The topological polar surface area (TPSA) is 34.5 Å². The zero-order valence-corrected chi connectivity index (χ0v) is 12.2. The first-order chi connectivity index (χ1) is 9.58. The second-order valence-electron chi connectivity index (χ2n) is 4.89. The molecule has 1 amide bonds. The van der Waals surface area contributed by atoms with Crippen molar-refractivity contribution in [3.05, 3.63) is 53.9 Å². The van der Waals surface area contributed by atoms with Crippen molar-refractivity contribution >= 4 is 5.91 Å². The van der Waals surface area contributed by atoms with Gasteiger partial charge >= 0.3 is 0 Å². The first kappa shape index (κ1) is 14.2. The van der Waals surface area contributed by atoms with E-state index in [9.17, 15) is 4.79 Å². The SMILES string of the molecule is Cc1ccc(OCCN(C)C(=O)c2cccn2C)cc1. The van der Waals surface area contributed by atoms with Crippen LogP contribution < -0.4 is 4.74 Å². The normalized spacial score (nSPS) is 10.3. The second kappa shape index (κ2) is 6.28. The van der Waals surface area contributed by atoms with Crippen LogP contribution in [0, 0.1) is 6.92 Å². The van der Waals surface area contributed by atoms with Crippen molar-refractivity contribution in [3.8, 4) is 5.75 Å². The molecule has 0 saturated carbocycles. The number of aryl methyl sites for hydroxylation is 2. The molecule has 1 aromatic heterocycles. The van der Waals surface area contributed by atoms with E-state index >= 15 is 0 Å². The lowest BCUT2D eigenvalue weighted by atomic mass is 10.2. The van der Waals surface area contributed by atoms with Gasteiger partial charge in [0.2, 0.25) is 0 Å². The summed E-state index contributed by atoms with van der Waals surface area (Å²) in [7, 11) is 3.65. The Morgan fingerprint density at radius 2 is 1.95 bits per heavy atom. The molecule has 1 heterocycles. The van der Waals surface area contributed by atoms with Gasteiger partial charge in [-0.2, -0.15) is 0 Å². The van der Waals surface area contributed by atoms with Gasteiger partial charge < -0.3 is 14.2 Å². The van der Waals surface area contributed by atoms with Gasteiger partial charge in [0.15, 0.2) is 0 Å². The monoisotopic (exact) mass is 272 g/mol. The molecule has 4 nitrogen and oxygen atoms in total. The lowest BCUT2D eigenvalue weighted by Crippen LogP contribution is -2.32. The predicted octanol–water partition coefficient (Wildman–Crippen LogP) is 2.48. The van der Waals surface area contributed by atoms with E-state index in [-0.39, 0.29) is 5.91 Å². The number of amides is 1. The molecular formula is C16H20N2O2. The van der Waals surface area contributed by atoms with Crippen molar-refractivity contribution in [3.63, 3.8) is 0 Å². The van der Waals surface area contributed by atoms with Crippen molar-refractivity contribution in [2.24, 2.45) is 7.05 Å². The minimum absolute atomic E-state index is 0.00464. The Morgan fingerprint density at radius 1 is 1.25 bits per heavy atom. The Kier molecular flexibility index (Phi) is 4.45. The highest BCUT2D eigenvalue weighted by molar-refractivity contribution is 5.92. The number of hydrogen-bond donors (Lipinski definition) is 0. The summed E-state index contributed by atoms with van der Waals surface area (Å²) in [5, 5.41) is 0. The van der Waals surface area contributed by atoms with Crippen LogP contribution in [-0.4, -0.2) is 35.6 Å². The number of benzene rings is 1. The van der Waals surface area contributed by atoms with E-state index < -0.39 is 0 Å². The summed E-state index contributed by atoms with van der Waals surface area (Å²) in [5.41, 5.74) is 1.89. The zero-order valence-electron chi connectivity index (χ0n) is 12.2. The van der Waals surface area contributed by atoms with Gasteiger partial charge in [-0.25, -0.2) is 0 Å². The average molecular weight is 272 g/mol. The Hall–Kier alpha value is -2.23. The number of aromatic nitrogens is 1. The molecule has 0 radical (unpaired) electrons. The fourth-order valence-corrected chi connectivity index (χ4v) is 1.92. The molecule has 2 aromatic rings. The van der Waals surface area contributed by atoms with Crippen LogP contribution in [0.1, 0.15) is 16.1 Å². The van der Waals surface area contributed by atoms with Crippen molar-refractivity contribution < 1.29 is 9.53 Å². The third-order valence-electron chi connectivity index (χ3n) is 3.23. The molecule has 0 saturated heterocycles. The van der Waals surface area contributed by atoms with Gasteiger partial charge in [0.1, 0.15) is 18.1 Å². The van der Waals surface area contributed by atoms with Crippen molar-refractivity contribution in [2.75, 3.05) is 20.2 Å². The van der Waals surface area contributed by atoms with E-state index in [1.165, 1.54) is 5.56 Å². The third kappa shape index (κ3) is 3.41. The molecule has 0 atom stereocenters. The Labute approximate surface area is 119 Å². The van der Waals surface area contributed by atoms with Crippen molar-refractivity contribution in [2.45, 2.75) is 6.92 Å². The molecule has 20 heavy (non-hydrogen) atoms. The highest BCUT2D eigenvalue weighted by Crippen LogP contribution is 2.11. The predicted molar refractivity (Wildman–Crippen MR) is 79.0 cm³/mol. The van der Waals surface area contributed by atoms with Crippen LogP contribution in [0.2, 0.25) is 0 Å². The molecule has 0 aliphatic heterocycles. The first-order valence-corrected chi connectivity index (χ1v) is 6.64. The molecule has 106 valence electrons. The number of carbonyl (C=O) groups excluding carboxylic acids is 1. The van der Waals surface area contributed by atoms with E-state index in [4.69, 9.17) is 4.74 Å². The summed E-state index contributed by atoms with van der Waals surface area (Å²) in [4.78, 5) is 13.8. The second-order valence-corrected chi connectivity index (χ2v) is 4.89. The molecule has 4 heteroatoms. The highest BCUT2D eigenvalue weighted by atomic mass is 16.5. The minimum Gasteiger partial charge on any atom is -0.492 e. The van der Waals surface area contributed by atoms with Gasteiger partial charge in [-0.15, -0.1) is 0 Å². The average Bonchev–Trinajstić information content (AvgIpc) is 2.86. The minimum atomic E-state index is 0.00464. The number of hydrogen-bond acceptors (Lipinski definition) is 2. The maximum absolute atomic E-state index is 12.2. The van der Waals surface area contributed by atoms with Crippen LogP contribution in [0.25, 0.3) is 0 Å². The molecule has 0 unspecified atom stereocenters. The van der Waals surface area contributed by atoms with Crippen LogP contribution in [0.15, 0.2) is 42.6 Å². The van der Waals surface area contributed by atoms with E-state index in [0.29, 0.717) is 18.8 Å². The van der Waals surface area contributed by atoms with Gasteiger partial charge in [-0.05, 0) is 31.2 Å². The number of rotatable bonds is 5. The molecule has 0 N–H and O–H groups in total. The van der Waals surface area contributed by atoms with Crippen LogP contribution in [0.4, 0.5) is 0 Å². The van der Waals surface area contributed by atoms with Crippen molar-refractivity contribution in [1.29, 1.82) is 0 Å². The van der Waals surface area contributed by atoms with Crippen LogP contribution in [0.5, 0.6) is 5.75 Å².